The van der Waals surface area contributed by atoms with Crippen LogP contribution in [0.5, 0.6) is 0 Å². The van der Waals surface area contributed by atoms with Crippen molar-refractivity contribution in [1.29, 1.82) is 0 Å². The summed E-state index contributed by atoms with van der Waals surface area (Å²) in [5.74, 6) is -1.05. The molecule has 4 N–H and O–H groups in total. The van der Waals surface area contributed by atoms with Crippen LogP contribution in [0, 0.1) is 6.92 Å². The van der Waals surface area contributed by atoms with Crippen molar-refractivity contribution in [3.8, 4) is 0 Å². The average Bonchev–Trinajstić information content (AvgIpc) is 2.80. The molecule has 3 rings (SSSR count). The lowest BCUT2D eigenvalue weighted by Gasteiger charge is -2.13. The zero-order valence-corrected chi connectivity index (χ0v) is 18.2. The molecule has 32 heavy (non-hydrogen) atoms. The molecule has 0 fully saturated rings. The van der Waals surface area contributed by atoms with Crippen molar-refractivity contribution in [3.05, 3.63) is 88.9 Å². The van der Waals surface area contributed by atoms with E-state index in [4.69, 9.17) is 11.6 Å². The van der Waals surface area contributed by atoms with Crippen LogP contribution in [-0.4, -0.2) is 30.8 Å². The van der Waals surface area contributed by atoms with Crippen LogP contribution >= 0.6 is 11.6 Å². The monoisotopic (exact) mass is 450 g/mol. The summed E-state index contributed by atoms with van der Waals surface area (Å²) in [5, 5.41) is 11.6. The molecule has 0 radical (unpaired) electrons. The van der Waals surface area contributed by atoms with Gasteiger partial charge in [-0.15, -0.1) is 0 Å². The molecule has 8 heteroatoms. The number of halogens is 1. The van der Waals surface area contributed by atoms with Crippen LogP contribution < -0.4 is 21.3 Å². The van der Waals surface area contributed by atoms with Gasteiger partial charge < -0.3 is 21.3 Å². The second-order valence-electron chi connectivity index (χ2n) is 6.96. The number of carbonyl (C=O) groups is 3. The first-order valence-electron chi connectivity index (χ1n) is 9.95. The molecule has 0 spiro atoms. The van der Waals surface area contributed by atoms with Gasteiger partial charge in [0.2, 0.25) is 11.8 Å². The fourth-order valence-corrected chi connectivity index (χ4v) is 3.08. The summed E-state index contributed by atoms with van der Waals surface area (Å²) in [5.41, 5.74) is 2.92. The van der Waals surface area contributed by atoms with Crippen LogP contribution in [-0.2, 0) is 9.59 Å². The van der Waals surface area contributed by atoms with Crippen LogP contribution in [0.2, 0.25) is 5.02 Å². The third kappa shape index (κ3) is 6.33. The largest absolute Gasteiger partial charge is 0.376 e. The first-order chi connectivity index (χ1) is 15.4. The molecule has 0 aliphatic heterocycles. The highest BCUT2D eigenvalue weighted by Gasteiger charge is 2.13. The minimum absolute atomic E-state index is 0.0981. The molecule has 0 unspecified atom stereocenters. The van der Waals surface area contributed by atoms with E-state index in [-0.39, 0.29) is 30.8 Å². The summed E-state index contributed by atoms with van der Waals surface area (Å²) in [6.45, 7) is 1.51. The van der Waals surface area contributed by atoms with Crippen LogP contribution in [0.3, 0.4) is 0 Å². The Balaban J connectivity index is 1.51. The lowest BCUT2D eigenvalue weighted by molar-refractivity contribution is -0.122. The summed E-state index contributed by atoms with van der Waals surface area (Å²) in [4.78, 5) is 36.9. The predicted molar refractivity (Wildman–Crippen MR) is 127 cm³/mol. The van der Waals surface area contributed by atoms with Gasteiger partial charge in [-0.2, -0.15) is 0 Å². The van der Waals surface area contributed by atoms with Crippen LogP contribution in [0.1, 0.15) is 15.9 Å². The van der Waals surface area contributed by atoms with E-state index in [1.807, 2.05) is 18.2 Å². The Morgan fingerprint density at radius 2 is 1.44 bits per heavy atom. The second kappa shape index (κ2) is 11.0. The Morgan fingerprint density at radius 1 is 0.750 bits per heavy atom. The number of hydrogen-bond donors (Lipinski definition) is 4. The van der Waals surface area contributed by atoms with Gasteiger partial charge in [-0.05, 0) is 48.9 Å². The van der Waals surface area contributed by atoms with Gasteiger partial charge in [-0.1, -0.05) is 48.0 Å². The molecule has 0 aliphatic carbocycles. The number of anilines is 3. The molecule has 3 aromatic carbocycles. The van der Waals surface area contributed by atoms with E-state index < -0.39 is 0 Å². The number of nitrogens with one attached hydrogen (secondary N) is 4. The van der Waals surface area contributed by atoms with E-state index in [1.165, 1.54) is 0 Å². The quantitative estimate of drug-likeness (QED) is 0.415. The molecule has 0 atom stereocenters. The summed E-state index contributed by atoms with van der Waals surface area (Å²) in [7, 11) is 0. The Bertz CT molecular complexity index is 1120. The van der Waals surface area contributed by atoms with Gasteiger partial charge in [0.15, 0.2) is 0 Å². The number of amides is 3. The van der Waals surface area contributed by atoms with Crippen molar-refractivity contribution in [1.82, 2.24) is 5.32 Å². The highest BCUT2D eigenvalue weighted by molar-refractivity contribution is 6.31. The van der Waals surface area contributed by atoms with Crippen molar-refractivity contribution in [3.63, 3.8) is 0 Å². The highest BCUT2D eigenvalue weighted by atomic mass is 35.5. The van der Waals surface area contributed by atoms with Gasteiger partial charge >= 0.3 is 0 Å². The Hall–Kier alpha value is -3.84. The molecule has 0 aromatic heterocycles. The number of para-hydroxylation sites is 2. The van der Waals surface area contributed by atoms with Crippen molar-refractivity contribution in [2.75, 3.05) is 29.0 Å². The van der Waals surface area contributed by atoms with Gasteiger partial charge in [-0.25, -0.2) is 0 Å². The summed E-state index contributed by atoms with van der Waals surface area (Å²) in [6, 6.07) is 21.2. The fourth-order valence-electron chi connectivity index (χ4n) is 2.91. The molecule has 0 saturated heterocycles. The van der Waals surface area contributed by atoms with Crippen LogP contribution in [0.25, 0.3) is 0 Å². The molecule has 3 amide bonds. The Labute approximate surface area is 191 Å². The van der Waals surface area contributed by atoms with E-state index in [1.54, 1.807) is 61.5 Å². The predicted octanol–water partition coefficient (Wildman–Crippen LogP) is 4.07. The molecule has 7 nitrogen and oxygen atoms in total. The van der Waals surface area contributed by atoms with E-state index >= 15 is 0 Å². The highest BCUT2D eigenvalue weighted by Crippen LogP contribution is 2.22. The van der Waals surface area contributed by atoms with Gasteiger partial charge in [0, 0.05) is 22.1 Å². The third-order valence-electron chi connectivity index (χ3n) is 4.63. The molecule has 0 bridgehead atoms. The van der Waals surface area contributed by atoms with Crippen molar-refractivity contribution >= 4 is 46.4 Å². The summed E-state index contributed by atoms with van der Waals surface area (Å²) in [6.07, 6.45) is 0. The number of rotatable bonds is 8. The van der Waals surface area contributed by atoms with Gasteiger partial charge in [-0.3, -0.25) is 14.4 Å². The molecular formula is C24H23ClN4O3. The second-order valence-corrected chi connectivity index (χ2v) is 7.36. The summed E-state index contributed by atoms with van der Waals surface area (Å²) >= 11 is 6.05. The topological polar surface area (TPSA) is 99.3 Å². The van der Waals surface area contributed by atoms with Crippen molar-refractivity contribution < 1.29 is 14.4 Å². The van der Waals surface area contributed by atoms with E-state index in [0.717, 1.165) is 5.56 Å². The molecule has 0 aliphatic rings. The van der Waals surface area contributed by atoms with Gasteiger partial charge in [0.05, 0.1) is 18.7 Å². The van der Waals surface area contributed by atoms with Crippen molar-refractivity contribution in [2.24, 2.45) is 0 Å². The Morgan fingerprint density at radius 3 is 2.22 bits per heavy atom. The smallest absolute Gasteiger partial charge is 0.257 e. The van der Waals surface area contributed by atoms with E-state index in [9.17, 15) is 14.4 Å². The lowest BCUT2D eigenvalue weighted by Crippen LogP contribution is -2.36. The molecule has 164 valence electrons. The van der Waals surface area contributed by atoms with Crippen LogP contribution in [0.15, 0.2) is 72.8 Å². The Kier molecular flexibility index (Phi) is 7.83. The number of carbonyl (C=O) groups excluding carboxylic acids is 3. The van der Waals surface area contributed by atoms with E-state index in [2.05, 4.69) is 21.3 Å². The summed E-state index contributed by atoms with van der Waals surface area (Å²) < 4.78 is 0. The SMILES string of the molecule is Cc1c(Cl)cccc1NC(=O)CNC(=O)CNc1ccccc1C(=O)Nc1ccccc1. The zero-order valence-electron chi connectivity index (χ0n) is 17.4. The zero-order chi connectivity index (χ0) is 22.9. The number of hydrogen-bond acceptors (Lipinski definition) is 4. The maximum Gasteiger partial charge on any atom is 0.257 e. The normalized spacial score (nSPS) is 10.2. The average molecular weight is 451 g/mol. The van der Waals surface area contributed by atoms with Gasteiger partial charge in [0.25, 0.3) is 5.91 Å². The third-order valence-corrected chi connectivity index (χ3v) is 5.04. The van der Waals surface area contributed by atoms with Crippen LogP contribution in [0.4, 0.5) is 17.1 Å². The first kappa shape index (κ1) is 22.8. The molecule has 0 saturated carbocycles. The maximum atomic E-state index is 12.6. The molecule has 0 heterocycles. The number of benzene rings is 3. The standard InChI is InChI=1S/C24H23ClN4O3/c1-16-19(25)11-7-13-20(16)29-23(31)15-27-22(30)14-26-21-12-6-5-10-18(21)24(32)28-17-8-3-2-4-9-17/h2-13,26H,14-15H2,1H3,(H,27,30)(H,28,32)(H,29,31). The first-order valence-corrected chi connectivity index (χ1v) is 10.3. The lowest BCUT2D eigenvalue weighted by atomic mass is 10.1. The molecule has 3 aromatic rings. The maximum absolute atomic E-state index is 12.6. The molecular weight excluding hydrogens is 428 g/mol. The minimum atomic E-state index is -0.388. The fraction of sp³-hybridized carbons (Fsp3) is 0.125. The van der Waals surface area contributed by atoms with Crippen molar-refractivity contribution in [2.45, 2.75) is 6.92 Å². The minimum Gasteiger partial charge on any atom is -0.376 e. The van der Waals surface area contributed by atoms with E-state index in [0.29, 0.717) is 27.6 Å². The van der Waals surface area contributed by atoms with Gasteiger partial charge in [0.1, 0.15) is 0 Å².